The van der Waals surface area contributed by atoms with Gasteiger partial charge in [0.15, 0.2) is 0 Å². The van der Waals surface area contributed by atoms with Crippen molar-refractivity contribution in [3.8, 4) is 0 Å². The van der Waals surface area contributed by atoms with Crippen LogP contribution in [0.1, 0.15) is 29.0 Å². The van der Waals surface area contributed by atoms with Crippen LogP contribution in [0.4, 0.5) is 0 Å². The number of aryl methyl sites for hydroxylation is 2. The average Bonchev–Trinajstić information content (AvgIpc) is 2.91. The van der Waals surface area contributed by atoms with Gasteiger partial charge in [0.05, 0.1) is 5.69 Å². The van der Waals surface area contributed by atoms with Gasteiger partial charge in [-0.1, -0.05) is 0 Å². The van der Waals surface area contributed by atoms with Crippen molar-refractivity contribution in [2.45, 2.75) is 25.8 Å². The van der Waals surface area contributed by atoms with Gasteiger partial charge in [0, 0.05) is 26.2 Å². The minimum Gasteiger partial charge on any atom is -0.335 e. The lowest BCUT2D eigenvalue weighted by molar-refractivity contribution is 0.0774. The van der Waals surface area contributed by atoms with Crippen LogP contribution < -0.4 is 5.32 Å². The number of nitrogens with one attached hydrogen (secondary N) is 1. The second kappa shape index (κ2) is 4.39. The number of piperidine rings is 1. The fourth-order valence-corrected chi connectivity index (χ4v) is 3.19. The predicted octanol–water partition coefficient (Wildman–Crippen LogP) is 0.553. The molecule has 1 amide bonds. The van der Waals surface area contributed by atoms with Gasteiger partial charge in [0.25, 0.3) is 5.91 Å². The van der Waals surface area contributed by atoms with E-state index in [0.717, 1.165) is 25.3 Å². The van der Waals surface area contributed by atoms with Crippen LogP contribution in [-0.2, 0) is 7.05 Å². The molecule has 5 heteroatoms. The summed E-state index contributed by atoms with van der Waals surface area (Å²) in [6, 6.07) is 2.37. The summed E-state index contributed by atoms with van der Waals surface area (Å²) in [5.74, 6) is 0.756. The fraction of sp³-hybridized carbons (Fsp3) is 0.692. The number of fused-ring (bicyclic) bond motifs is 1. The van der Waals surface area contributed by atoms with Crippen LogP contribution in [0.25, 0.3) is 0 Å². The molecule has 2 saturated heterocycles. The maximum Gasteiger partial charge on any atom is 0.272 e. The van der Waals surface area contributed by atoms with Crippen molar-refractivity contribution in [2.75, 3.05) is 19.6 Å². The predicted molar refractivity (Wildman–Crippen MR) is 68.4 cm³/mol. The SMILES string of the molecule is Cc1cc(C(=O)N2C[C@@H]3CCCN[C@@H]3C2)n(C)n1. The number of hydrogen-bond donors (Lipinski definition) is 1. The highest BCUT2D eigenvalue weighted by Gasteiger charge is 2.37. The van der Waals surface area contributed by atoms with E-state index >= 15 is 0 Å². The minimum absolute atomic E-state index is 0.120. The van der Waals surface area contributed by atoms with Crippen molar-refractivity contribution in [2.24, 2.45) is 13.0 Å². The number of amides is 1. The van der Waals surface area contributed by atoms with Crippen LogP contribution in [0.3, 0.4) is 0 Å². The van der Waals surface area contributed by atoms with Gasteiger partial charge in [0.2, 0.25) is 0 Å². The van der Waals surface area contributed by atoms with Gasteiger partial charge in [-0.25, -0.2) is 0 Å². The number of carbonyl (C=O) groups is 1. The van der Waals surface area contributed by atoms with E-state index in [1.54, 1.807) is 4.68 Å². The molecule has 0 bridgehead atoms. The summed E-state index contributed by atoms with van der Waals surface area (Å²) >= 11 is 0. The van der Waals surface area contributed by atoms with Crippen LogP contribution in [0.15, 0.2) is 6.07 Å². The monoisotopic (exact) mass is 248 g/mol. The van der Waals surface area contributed by atoms with Gasteiger partial charge < -0.3 is 10.2 Å². The van der Waals surface area contributed by atoms with Gasteiger partial charge >= 0.3 is 0 Å². The van der Waals surface area contributed by atoms with E-state index in [4.69, 9.17) is 0 Å². The molecule has 0 aromatic carbocycles. The molecule has 2 aliphatic rings. The van der Waals surface area contributed by atoms with Gasteiger partial charge in [-0.15, -0.1) is 0 Å². The zero-order valence-electron chi connectivity index (χ0n) is 11.0. The zero-order chi connectivity index (χ0) is 12.7. The molecule has 1 aromatic heterocycles. The van der Waals surface area contributed by atoms with E-state index < -0.39 is 0 Å². The standard InChI is InChI=1S/C13H20N4O/c1-9-6-12(16(2)15-9)13(18)17-7-10-4-3-5-14-11(10)8-17/h6,10-11,14H,3-5,7-8H2,1-2H3/t10-,11+/m0/s1. The topological polar surface area (TPSA) is 50.2 Å². The highest BCUT2D eigenvalue weighted by molar-refractivity contribution is 5.93. The molecule has 0 radical (unpaired) electrons. The summed E-state index contributed by atoms with van der Waals surface area (Å²) in [7, 11) is 1.83. The van der Waals surface area contributed by atoms with Gasteiger partial charge in [-0.05, 0) is 38.3 Å². The van der Waals surface area contributed by atoms with E-state index in [2.05, 4.69) is 10.4 Å². The van der Waals surface area contributed by atoms with Crippen molar-refractivity contribution >= 4 is 5.91 Å². The summed E-state index contributed by atoms with van der Waals surface area (Å²) in [5, 5.41) is 7.77. The van der Waals surface area contributed by atoms with Crippen LogP contribution in [-0.4, -0.2) is 46.3 Å². The molecule has 1 aromatic rings. The fourth-order valence-electron chi connectivity index (χ4n) is 3.19. The Kier molecular flexibility index (Phi) is 2.86. The first-order valence-corrected chi connectivity index (χ1v) is 6.68. The van der Waals surface area contributed by atoms with E-state index in [9.17, 15) is 4.79 Å². The van der Waals surface area contributed by atoms with Crippen molar-refractivity contribution in [3.05, 3.63) is 17.5 Å². The number of hydrogen-bond acceptors (Lipinski definition) is 3. The Labute approximate surface area is 107 Å². The quantitative estimate of drug-likeness (QED) is 0.789. The molecular formula is C13H20N4O. The summed E-state index contributed by atoms with van der Waals surface area (Å²) in [6.45, 7) is 4.74. The summed E-state index contributed by atoms with van der Waals surface area (Å²) in [5.41, 5.74) is 1.60. The first kappa shape index (κ1) is 11.7. The molecule has 2 fully saturated rings. The number of rotatable bonds is 1. The summed E-state index contributed by atoms with van der Waals surface area (Å²) in [4.78, 5) is 14.4. The van der Waals surface area contributed by atoms with Crippen molar-refractivity contribution in [1.82, 2.24) is 20.0 Å². The Balaban J connectivity index is 1.76. The number of aromatic nitrogens is 2. The van der Waals surface area contributed by atoms with Gasteiger partial charge in [-0.2, -0.15) is 5.10 Å². The molecule has 2 aliphatic heterocycles. The number of carbonyl (C=O) groups excluding carboxylic acids is 1. The van der Waals surface area contributed by atoms with Crippen LogP contribution in [0.2, 0.25) is 0 Å². The first-order chi connectivity index (χ1) is 8.65. The second-order valence-corrected chi connectivity index (χ2v) is 5.47. The van der Waals surface area contributed by atoms with Crippen LogP contribution in [0.5, 0.6) is 0 Å². The Morgan fingerprint density at radius 1 is 1.50 bits per heavy atom. The largest absolute Gasteiger partial charge is 0.335 e. The lowest BCUT2D eigenvalue weighted by Gasteiger charge is -2.24. The third kappa shape index (κ3) is 1.92. The van der Waals surface area contributed by atoms with Crippen LogP contribution in [0, 0.1) is 12.8 Å². The Bertz CT molecular complexity index is 454. The Morgan fingerprint density at radius 3 is 3.00 bits per heavy atom. The van der Waals surface area contributed by atoms with Crippen LogP contribution >= 0.6 is 0 Å². The molecule has 0 unspecified atom stereocenters. The lowest BCUT2D eigenvalue weighted by atomic mass is 9.94. The molecule has 18 heavy (non-hydrogen) atoms. The molecule has 0 spiro atoms. The average molecular weight is 248 g/mol. The van der Waals surface area contributed by atoms with E-state index in [0.29, 0.717) is 17.7 Å². The molecule has 0 saturated carbocycles. The zero-order valence-corrected chi connectivity index (χ0v) is 11.0. The maximum absolute atomic E-state index is 12.5. The highest BCUT2D eigenvalue weighted by atomic mass is 16.2. The number of nitrogens with zero attached hydrogens (tertiary/aromatic N) is 3. The summed E-state index contributed by atoms with van der Waals surface area (Å²) in [6.07, 6.45) is 2.47. The molecular weight excluding hydrogens is 228 g/mol. The van der Waals surface area contributed by atoms with Crippen molar-refractivity contribution in [3.63, 3.8) is 0 Å². The third-order valence-electron chi connectivity index (χ3n) is 4.11. The Hall–Kier alpha value is -1.36. The molecule has 3 heterocycles. The maximum atomic E-state index is 12.5. The molecule has 1 N–H and O–H groups in total. The Morgan fingerprint density at radius 2 is 2.33 bits per heavy atom. The highest BCUT2D eigenvalue weighted by Crippen LogP contribution is 2.26. The third-order valence-corrected chi connectivity index (χ3v) is 4.11. The molecule has 0 aliphatic carbocycles. The first-order valence-electron chi connectivity index (χ1n) is 6.68. The van der Waals surface area contributed by atoms with Gasteiger partial charge in [-0.3, -0.25) is 9.48 Å². The molecule has 3 rings (SSSR count). The van der Waals surface area contributed by atoms with Crippen molar-refractivity contribution in [1.29, 1.82) is 0 Å². The minimum atomic E-state index is 0.120. The smallest absolute Gasteiger partial charge is 0.272 e. The van der Waals surface area contributed by atoms with Crippen molar-refractivity contribution < 1.29 is 4.79 Å². The summed E-state index contributed by atoms with van der Waals surface area (Å²) < 4.78 is 1.69. The molecule has 98 valence electrons. The van der Waals surface area contributed by atoms with E-state index in [-0.39, 0.29) is 5.91 Å². The lowest BCUT2D eigenvalue weighted by Crippen LogP contribution is -2.41. The van der Waals surface area contributed by atoms with E-state index in [1.807, 2.05) is 24.9 Å². The normalized spacial score (nSPS) is 27.3. The second-order valence-electron chi connectivity index (χ2n) is 5.47. The van der Waals surface area contributed by atoms with Gasteiger partial charge in [0.1, 0.15) is 5.69 Å². The van der Waals surface area contributed by atoms with E-state index in [1.165, 1.54) is 12.8 Å². The number of likely N-dealkylation sites (tertiary alicyclic amines) is 1. The molecule has 2 atom stereocenters. The molecule has 5 nitrogen and oxygen atoms in total.